The number of benzene rings is 1. The molecule has 3 heteroatoms. The highest BCUT2D eigenvalue weighted by molar-refractivity contribution is 5.38. The van der Waals surface area contributed by atoms with E-state index >= 15 is 0 Å². The summed E-state index contributed by atoms with van der Waals surface area (Å²) in [7, 11) is 3.33. The molecule has 1 aromatic carbocycles. The Morgan fingerprint density at radius 2 is 1.69 bits per heavy atom. The van der Waals surface area contributed by atoms with Crippen LogP contribution in [0.25, 0.3) is 0 Å². The Morgan fingerprint density at radius 1 is 1.12 bits per heavy atom. The van der Waals surface area contributed by atoms with Gasteiger partial charge in [-0.15, -0.1) is 0 Å². The van der Waals surface area contributed by atoms with Crippen LogP contribution >= 0.6 is 0 Å². The Balaban J connectivity index is 2.71. The Hall–Kier alpha value is -1.22. The van der Waals surface area contributed by atoms with Crippen LogP contribution in [0.3, 0.4) is 0 Å². The Morgan fingerprint density at radius 3 is 2.12 bits per heavy atom. The van der Waals surface area contributed by atoms with Crippen LogP contribution in [0.1, 0.15) is 25.8 Å². The van der Waals surface area contributed by atoms with Crippen LogP contribution in [-0.2, 0) is 6.54 Å². The second-order valence-electron chi connectivity index (χ2n) is 3.91. The molecule has 0 aliphatic heterocycles. The molecule has 3 nitrogen and oxygen atoms in total. The van der Waals surface area contributed by atoms with Gasteiger partial charge in [0.05, 0.1) is 14.2 Å². The van der Waals surface area contributed by atoms with E-state index in [1.54, 1.807) is 14.2 Å². The predicted octanol–water partition coefficient (Wildman–Crippen LogP) is 2.59. The van der Waals surface area contributed by atoms with E-state index in [9.17, 15) is 0 Å². The van der Waals surface area contributed by atoms with E-state index < -0.39 is 0 Å². The van der Waals surface area contributed by atoms with Crippen molar-refractivity contribution in [3.63, 3.8) is 0 Å². The fourth-order valence-electron chi connectivity index (χ4n) is 1.40. The minimum absolute atomic E-state index is 0.525. The van der Waals surface area contributed by atoms with Gasteiger partial charge in [0.1, 0.15) is 11.5 Å². The van der Waals surface area contributed by atoms with Gasteiger partial charge in [0.25, 0.3) is 0 Å². The Labute approximate surface area is 97.8 Å². The monoisotopic (exact) mass is 223 g/mol. The number of rotatable bonds is 6. The molecule has 0 spiro atoms. The average Bonchev–Trinajstić information content (AvgIpc) is 2.35. The van der Waals surface area contributed by atoms with Crippen LogP contribution in [0.15, 0.2) is 18.2 Å². The molecule has 1 N–H and O–H groups in total. The van der Waals surface area contributed by atoms with Crippen molar-refractivity contribution in [3.8, 4) is 11.5 Å². The van der Waals surface area contributed by atoms with Gasteiger partial charge in [-0.2, -0.15) is 0 Å². The third-order valence-electron chi connectivity index (χ3n) is 2.68. The van der Waals surface area contributed by atoms with Crippen LogP contribution in [0.5, 0.6) is 11.5 Å². The molecule has 0 heterocycles. The summed E-state index contributed by atoms with van der Waals surface area (Å²) in [5.41, 5.74) is 1.18. The molecule has 0 fully saturated rings. The first-order valence-electron chi connectivity index (χ1n) is 5.65. The maximum atomic E-state index is 5.22. The van der Waals surface area contributed by atoms with Crippen molar-refractivity contribution in [2.45, 2.75) is 32.9 Å². The van der Waals surface area contributed by atoms with Crippen molar-refractivity contribution < 1.29 is 9.47 Å². The van der Waals surface area contributed by atoms with Crippen molar-refractivity contribution in [1.29, 1.82) is 0 Å². The SMILES string of the molecule is CCC(C)NCc1cc(OC)cc(OC)c1. The van der Waals surface area contributed by atoms with E-state index in [0.717, 1.165) is 24.5 Å². The highest BCUT2D eigenvalue weighted by Crippen LogP contribution is 2.22. The maximum Gasteiger partial charge on any atom is 0.122 e. The lowest BCUT2D eigenvalue weighted by molar-refractivity contribution is 0.392. The summed E-state index contributed by atoms with van der Waals surface area (Å²) in [4.78, 5) is 0. The second kappa shape index (κ2) is 6.38. The molecule has 0 saturated carbocycles. The van der Waals surface area contributed by atoms with Gasteiger partial charge in [0.15, 0.2) is 0 Å². The second-order valence-corrected chi connectivity index (χ2v) is 3.91. The Kier molecular flexibility index (Phi) is 5.12. The standard InChI is InChI=1S/C13H21NO2/c1-5-10(2)14-9-11-6-12(15-3)8-13(7-11)16-4/h6-8,10,14H,5,9H2,1-4H3. The molecule has 1 rings (SSSR count). The summed E-state index contributed by atoms with van der Waals surface area (Å²) < 4.78 is 10.4. The largest absolute Gasteiger partial charge is 0.497 e. The zero-order valence-electron chi connectivity index (χ0n) is 10.5. The number of nitrogens with one attached hydrogen (secondary N) is 1. The van der Waals surface area contributed by atoms with Crippen molar-refractivity contribution in [2.24, 2.45) is 0 Å². The highest BCUT2D eigenvalue weighted by Gasteiger charge is 2.03. The van der Waals surface area contributed by atoms with E-state index in [0.29, 0.717) is 6.04 Å². The minimum Gasteiger partial charge on any atom is -0.497 e. The summed E-state index contributed by atoms with van der Waals surface area (Å²) in [6, 6.07) is 6.46. The van der Waals surface area contributed by atoms with E-state index in [1.807, 2.05) is 18.2 Å². The number of hydrogen-bond donors (Lipinski definition) is 1. The number of hydrogen-bond acceptors (Lipinski definition) is 3. The Bertz CT molecular complexity index is 303. The molecule has 90 valence electrons. The van der Waals surface area contributed by atoms with Gasteiger partial charge < -0.3 is 14.8 Å². The molecular formula is C13H21NO2. The molecule has 1 aromatic rings. The van der Waals surface area contributed by atoms with E-state index in [-0.39, 0.29) is 0 Å². The molecule has 0 amide bonds. The summed E-state index contributed by atoms with van der Waals surface area (Å²) >= 11 is 0. The summed E-state index contributed by atoms with van der Waals surface area (Å²) in [5, 5.41) is 3.44. The lowest BCUT2D eigenvalue weighted by Gasteiger charge is -2.13. The molecule has 0 aliphatic rings. The fourth-order valence-corrected chi connectivity index (χ4v) is 1.40. The molecule has 1 unspecified atom stereocenters. The van der Waals surface area contributed by atoms with Crippen LogP contribution in [0.2, 0.25) is 0 Å². The number of methoxy groups -OCH3 is 2. The van der Waals surface area contributed by atoms with Gasteiger partial charge >= 0.3 is 0 Å². The van der Waals surface area contributed by atoms with Gasteiger partial charge in [-0.1, -0.05) is 6.92 Å². The first-order chi connectivity index (χ1) is 7.69. The third-order valence-corrected chi connectivity index (χ3v) is 2.68. The highest BCUT2D eigenvalue weighted by atomic mass is 16.5. The van der Waals surface area contributed by atoms with Crippen molar-refractivity contribution in [1.82, 2.24) is 5.32 Å². The molecule has 16 heavy (non-hydrogen) atoms. The lowest BCUT2D eigenvalue weighted by atomic mass is 10.1. The third kappa shape index (κ3) is 3.74. The first kappa shape index (κ1) is 12.8. The van der Waals surface area contributed by atoms with Crippen LogP contribution in [0, 0.1) is 0 Å². The molecular weight excluding hydrogens is 202 g/mol. The topological polar surface area (TPSA) is 30.5 Å². The van der Waals surface area contributed by atoms with E-state index in [2.05, 4.69) is 19.2 Å². The van der Waals surface area contributed by atoms with Crippen LogP contribution < -0.4 is 14.8 Å². The van der Waals surface area contributed by atoms with Crippen LogP contribution in [0.4, 0.5) is 0 Å². The van der Waals surface area contributed by atoms with Gasteiger partial charge in [0, 0.05) is 18.7 Å². The average molecular weight is 223 g/mol. The quantitative estimate of drug-likeness (QED) is 0.804. The normalized spacial score (nSPS) is 12.2. The zero-order chi connectivity index (χ0) is 12.0. The minimum atomic E-state index is 0.525. The van der Waals surface area contributed by atoms with Gasteiger partial charge in [-0.25, -0.2) is 0 Å². The van der Waals surface area contributed by atoms with Gasteiger partial charge in [0.2, 0.25) is 0 Å². The van der Waals surface area contributed by atoms with Crippen molar-refractivity contribution in [2.75, 3.05) is 14.2 Å². The summed E-state index contributed by atoms with van der Waals surface area (Å²) in [6.45, 7) is 5.18. The first-order valence-corrected chi connectivity index (χ1v) is 5.65. The van der Waals surface area contributed by atoms with Gasteiger partial charge in [-0.05, 0) is 31.0 Å². The molecule has 0 aromatic heterocycles. The fraction of sp³-hybridized carbons (Fsp3) is 0.538. The zero-order valence-corrected chi connectivity index (χ0v) is 10.5. The predicted molar refractivity (Wildman–Crippen MR) is 66.1 cm³/mol. The summed E-state index contributed by atoms with van der Waals surface area (Å²) in [6.07, 6.45) is 1.13. The lowest BCUT2D eigenvalue weighted by Crippen LogP contribution is -2.24. The molecule has 0 saturated heterocycles. The maximum absolute atomic E-state index is 5.22. The van der Waals surface area contributed by atoms with Crippen molar-refractivity contribution in [3.05, 3.63) is 23.8 Å². The molecule has 0 aliphatic carbocycles. The van der Waals surface area contributed by atoms with E-state index in [1.165, 1.54) is 5.56 Å². The molecule has 0 bridgehead atoms. The summed E-state index contributed by atoms with van der Waals surface area (Å²) in [5.74, 6) is 1.67. The smallest absolute Gasteiger partial charge is 0.122 e. The number of ether oxygens (including phenoxy) is 2. The van der Waals surface area contributed by atoms with E-state index in [4.69, 9.17) is 9.47 Å². The molecule has 1 atom stereocenters. The van der Waals surface area contributed by atoms with Crippen LogP contribution in [-0.4, -0.2) is 20.3 Å². The molecule has 0 radical (unpaired) electrons. The van der Waals surface area contributed by atoms with Gasteiger partial charge in [-0.3, -0.25) is 0 Å². The van der Waals surface area contributed by atoms with Crippen molar-refractivity contribution >= 4 is 0 Å².